The van der Waals surface area contributed by atoms with E-state index in [4.69, 9.17) is 14.6 Å². The normalized spacial score (nSPS) is 11.2. The van der Waals surface area contributed by atoms with E-state index in [0.717, 1.165) is 18.1 Å². The van der Waals surface area contributed by atoms with Crippen LogP contribution in [0.5, 0.6) is 11.5 Å². The van der Waals surface area contributed by atoms with E-state index >= 15 is 0 Å². The molecule has 2 aromatic carbocycles. The summed E-state index contributed by atoms with van der Waals surface area (Å²) in [5, 5.41) is 15.5. The van der Waals surface area contributed by atoms with Gasteiger partial charge in [-0.25, -0.2) is 4.99 Å². The Hall–Kier alpha value is -2.73. The van der Waals surface area contributed by atoms with Gasteiger partial charge in [0.25, 0.3) is 0 Å². The zero-order chi connectivity index (χ0) is 19.5. The fourth-order valence-electron chi connectivity index (χ4n) is 2.49. The number of benzene rings is 2. The number of guanidine groups is 1. The van der Waals surface area contributed by atoms with E-state index in [1.165, 1.54) is 11.1 Å². The molecule has 0 amide bonds. The number of aliphatic hydroxyl groups excluding tert-OH is 1. The minimum absolute atomic E-state index is 0.0338. The van der Waals surface area contributed by atoms with Crippen LogP contribution in [0.2, 0.25) is 0 Å². The number of ether oxygens (including phenoxy) is 2. The Bertz CT molecular complexity index is 730. The van der Waals surface area contributed by atoms with E-state index in [-0.39, 0.29) is 13.2 Å². The molecule has 2 aromatic rings. The molecule has 6 heteroatoms. The van der Waals surface area contributed by atoms with Crippen molar-refractivity contribution in [3.63, 3.8) is 0 Å². The zero-order valence-electron chi connectivity index (χ0n) is 16.3. The van der Waals surface area contributed by atoms with Gasteiger partial charge in [-0.3, -0.25) is 0 Å². The molecule has 0 fully saturated rings. The minimum atomic E-state index is -0.0338. The molecule has 0 bridgehead atoms. The molecule has 0 aliphatic carbocycles. The van der Waals surface area contributed by atoms with Crippen LogP contribution in [0.1, 0.15) is 23.6 Å². The third-order valence-electron chi connectivity index (χ3n) is 3.92. The van der Waals surface area contributed by atoms with Crippen LogP contribution in [-0.2, 0) is 13.1 Å². The van der Waals surface area contributed by atoms with Crippen LogP contribution in [-0.4, -0.2) is 37.9 Å². The summed E-state index contributed by atoms with van der Waals surface area (Å²) in [5.41, 5.74) is 3.47. The first-order valence-electron chi connectivity index (χ1n) is 9.14. The highest BCUT2D eigenvalue weighted by Crippen LogP contribution is 2.28. The van der Waals surface area contributed by atoms with Crippen molar-refractivity contribution in [3.8, 4) is 11.5 Å². The van der Waals surface area contributed by atoms with Gasteiger partial charge >= 0.3 is 0 Å². The first-order chi connectivity index (χ1) is 13.2. The number of nitrogens with zero attached hydrogens (tertiary/aromatic N) is 1. The number of aliphatic hydroxyl groups is 1. The summed E-state index contributed by atoms with van der Waals surface area (Å²) in [6, 6.07) is 14.1. The largest absolute Gasteiger partial charge is 0.493 e. The number of aryl methyl sites for hydroxylation is 1. The van der Waals surface area contributed by atoms with E-state index < -0.39 is 0 Å². The number of hydrogen-bond acceptors (Lipinski definition) is 4. The van der Waals surface area contributed by atoms with E-state index in [0.29, 0.717) is 24.6 Å². The molecule has 3 N–H and O–H groups in total. The molecule has 0 aliphatic rings. The summed E-state index contributed by atoms with van der Waals surface area (Å²) < 4.78 is 10.8. The lowest BCUT2D eigenvalue weighted by Gasteiger charge is -2.13. The topological polar surface area (TPSA) is 75.1 Å². The fraction of sp³-hybridized carbons (Fsp3) is 0.381. The number of hydrogen-bond donors (Lipinski definition) is 3. The number of nitrogens with one attached hydrogen (secondary N) is 2. The van der Waals surface area contributed by atoms with Crippen molar-refractivity contribution < 1.29 is 14.6 Å². The Kier molecular flexibility index (Phi) is 8.45. The molecule has 0 saturated heterocycles. The molecule has 0 spiro atoms. The average molecular weight is 371 g/mol. The molecular weight excluding hydrogens is 342 g/mol. The van der Waals surface area contributed by atoms with Gasteiger partial charge in [0.05, 0.1) is 20.3 Å². The van der Waals surface area contributed by atoms with Gasteiger partial charge in [-0.2, -0.15) is 0 Å². The van der Waals surface area contributed by atoms with Crippen molar-refractivity contribution in [2.75, 3.05) is 26.9 Å². The minimum Gasteiger partial charge on any atom is -0.493 e. The Balaban J connectivity index is 2.01. The highest BCUT2D eigenvalue weighted by atomic mass is 16.5. The summed E-state index contributed by atoms with van der Waals surface area (Å²) >= 11 is 0. The molecule has 146 valence electrons. The van der Waals surface area contributed by atoms with Crippen LogP contribution < -0.4 is 20.1 Å². The molecular formula is C21H29N3O3. The maximum absolute atomic E-state index is 8.89. The average Bonchev–Trinajstić information content (AvgIpc) is 2.70. The van der Waals surface area contributed by atoms with E-state index in [9.17, 15) is 0 Å². The highest BCUT2D eigenvalue weighted by Gasteiger charge is 2.06. The smallest absolute Gasteiger partial charge is 0.191 e. The van der Waals surface area contributed by atoms with Crippen LogP contribution in [0.15, 0.2) is 47.5 Å². The van der Waals surface area contributed by atoms with E-state index in [2.05, 4.69) is 46.8 Å². The monoisotopic (exact) mass is 371 g/mol. The van der Waals surface area contributed by atoms with Gasteiger partial charge in [0.15, 0.2) is 17.5 Å². The molecule has 0 saturated carbocycles. The Morgan fingerprint density at radius 1 is 1.04 bits per heavy atom. The lowest BCUT2D eigenvalue weighted by atomic mass is 10.1. The molecule has 27 heavy (non-hydrogen) atoms. The van der Waals surface area contributed by atoms with Gasteiger partial charge in [0, 0.05) is 13.1 Å². The first kappa shape index (κ1) is 20.6. The summed E-state index contributed by atoms with van der Waals surface area (Å²) in [5.74, 6) is 2.01. The Labute approximate surface area is 161 Å². The maximum Gasteiger partial charge on any atom is 0.191 e. The molecule has 2 rings (SSSR count). The molecule has 0 heterocycles. The molecule has 0 unspecified atom stereocenters. The Morgan fingerprint density at radius 2 is 1.78 bits per heavy atom. The van der Waals surface area contributed by atoms with Crippen molar-refractivity contribution in [1.29, 1.82) is 0 Å². The van der Waals surface area contributed by atoms with Gasteiger partial charge in [-0.1, -0.05) is 35.9 Å². The SMILES string of the molecule is CCNC(=NCc1ccc(OCCO)c(OC)c1)NCc1ccc(C)cc1. The highest BCUT2D eigenvalue weighted by molar-refractivity contribution is 5.79. The molecule has 0 aliphatic heterocycles. The molecule has 6 nitrogen and oxygen atoms in total. The predicted molar refractivity (Wildman–Crippen MR) is 108 cm³/mol. The standard InChI is InChI=1S/C21H29N3O3/c1-4-22-21(23-14-17-7-5-16(2)6-8-17)24-15-18-9-10-19(27-12-11-25)20(13-18)26-3/h5-10,13,25H,4,11-12,14-15H2,1-3H3,(H2,22,23,24). The second kappa shape index (κ2) is 11.1. The van der Waals surface area contributed by atoms with Gasteiger partial charge in [-0.15, -0.1) is 0 Å². The third kappa shape index (κ3) is 6.83. The van der Waals surface area contributed by atoms with Crippen LogP contribution in [0.3, 0.4) is 0 Å². The van der Waals surface area contributed by atoms with Crippen molar-refractivity contribution in [2.45, 2.75) is 26.9 Å². The lowest BCUT2D eigenvalue weighted by molar-refractivity contribution is 0.196. The van der Waals surface area contributed by atoms with E-state index in [1.54, 1.807) is 7.11 Å². The summed E-state index contributed by atoms with van der Waals surface area (Å²) in [6.07, 6.45) is 0. The summed E-state index contributed by atoms with van der Waals surface area (Å²) in [4.78, 5) is 4.64. The lowest BCUT2D eigenvalue weighted by Crippen LogP contribution is -2.36. The third-order valence-corrected chi connectivity index (χ3v) is 3.92. The van der Waals surface area contributed by atoms with E-state index in [1.807, 2.05) is 25.1 Å². The molecule has 0 radical (unpaired) electrons. The second-order valence-corrected chi connectivity index (χ2v) is 6.09. The summed E-state index contributed by atoms with van der Waals surface area (Å²) in [6.45, 7) is 6.34. The van der Waals surface area contributed by atoms with Crippen molar-refractivity contribution >= 4 is 5.96 Å². The van der Waals surface area contributed by atoms with Gasteiger partial charge in [0.1, 0.15) is 6.61 Å². The fourth-order valence-corrected chi connectivity index (χ4v) is 2.49. The number of aliphatic imine (C=N–C) groups is 1. The van der Waals surface area contributed by atoms with Gasteiger partial charge in [-0.05, 0) is 37.1 Å². The van der Waals surface area contributed by atoms with Crippen molar-refractivity contribution in [3.05, 3.63) is 59.2 Å². The van der Waals surface area contributed by atoms with Crippen LogP contribution in [0.25, 0.3) is 0 Å². The van der Waals surface area contributed by atoms with Crippen molar-refractivity contribution in [2.24, 2.45) is 4.99 Å². The molecule has 0 aromatic heterocycles. The number of methoxy groups -OCH3 is 1. The van der Waals surface area contributed by atoms with Gasteiger partial charge < -0.3 is 25.2 Å². The zero-order valence-corrected chi connectivity index (χ0v) is 16.3. The quantitative estimate of drug-likeness (QED) is 0.467. The van der Waals surface area contributed by atoms with Crippen LogP contribution in [0, 0.1) is 6.92 Å². The summed E-state index contributed by atoms with van der Waals surface area (Å²) in [7, 11) is 1.60. The molecule has 0 atom stereocenters. The first-order valence-corrected chi connectivity index (χ1v) is 9.14. The maximum atomic E-state index is 8.89. The van der Waals surface area contributed by atoms with Crippen LogP contribution >= 0.6 is 0 Å². The van der Waals surface area contributed by atoms with Crippen LogP contribution in [0.4, 0.5) is 0 Å². The number of rotatable bonds is 9. The Morgan fingerprint density at radius 3 is 2.44 bits per heavy atom. The van der Waals surface area contributed by atoms with Crippen molar-refractivity contribution in [1.82, 2.24) is 10.6 Å². The van der Waals surface area contributed by atoms with Gasteiger partial charge in [0.2, 0.25) is 0 Å². The predicted octanol–water partition coefficient (Wildman–Crippen LogP) is 2.63. The second-order valence-electron chi connectivity index (χ2n) is 6.09.